The lowest BCUT2D eigenvalue weighted by Gasteiger charge is -2.05. The molecule has 0 bridgehead atoms. The van der Waals surface area contributed by atoms with Crippen molar-refractivity contribution < 1.29 is 22.4 Å². The van der Waals surface area contributed by atoms with Crippen LogP contribution in [0, 0.1) is 12.7 Å². The summed E-state index contributed by atoms with van der Waals surface area (Å²) >= 11 is 8.92. The van der Waals surface area contributed by atoms with Crippen LogP contribution in [0.4, 0.5) is 23.4 Å². The van der Waals surface area contributed by atoms with E-state index in [2.05, 4.69) is 31.4 Å². The van der Waals surface area contributed by atoms with E-state index >= 15 is 0 Å². The summed E-state index contributed by atoms with van der Waals surface area (Å²) in [5, 5.41) is 10.2. The summed E-state index contributed by atoms with van der Waals surface area (Å²) in [4.78, 5) is 12.2. The fourth-order valence-corrected chi connectivity index (χ4v) is 3.21. The monoisotopic (exact) mass is 493 g/mol. The van der Waals surface area contributed by atoms with Gasteiger partial charge in [0, 0.05) is 6.20 Å². The summed E-state index contributed by atoms with van der Waals surface area (Å²) in [5.74, 6) is -0.959. The van der Waals surface area contributed by atoms with Crippen molar-refractivity contribution in [1.29, 1.82) is 0 Å². The lowest BCUT2D eigenvalue weighted by molar-refractivity contribution is -0.142. The molecule has 0 radical (unpaired) electrons. The summed E-state index contributed by atoms with van der Waals surface area (Å²) in [7, 11) is 0. The number of carbonyl (C=O) groups is 1. The molecular formula is C17H13BrClF4N5O. The van der Waals surface area contributed by atoms with Crippen molar-refractivity contribution in [3.05, 3.63) is 62.7 Å². The van der Waals surface area contributed by atoms with Crippen LogP contribution in [0.25, 0.3) is 0 Å². The molecule has 0 aliphatic rings. The number of anilines is 1. The molecular weight excluding hydrogens is 482 g/mol. The number of hydrogen-bond donors (Lipinski definition) is 1. The first-order chi connectivity index (χ1) is 13.5. The van der Waals surface area contributed by atoms with E-state index < -0.39 is 24.3 Å². The smallest absolute Gasteiger partial charge is 0.306 e. The molecule has 12 heteroatoms. The van der Waals surface area contributed by atoms with E-state index in [1.807, 2.05) is 0 Å². The zero-order valence-electron chi connectivity index (χ0n) is 14.8. The van der Waals surface area contributed by atoms with E-state index in [4.69, 9.17) is 11.6 Å². The van der Waals surface area contributed by atoms with Crippen molar-refractivity contribution in [1.82, 2.24) is 19.6 Å². The molecule has 0 spiro atoms. The Balaban J connectivity index is 1.70. The van der Waals surface area contributed by atoms with Crippen LogP contribution >= 0.6 is 27.5 Å². The van der Waals surface area contributed by atoms with Gasteiger partial charge in [0.1, 0.15) is 17.4 Å². The van der Waals surface area contributed by atoms with Crippen molar-refractivity contribution in [2.45, 2.75) is 26.2 Å². The van der Waals surface area contributed by atoms with Gasteiger partial charge in [0.05, 0.1) is 16.7 Å². The Morgan fingerprint density at radius 1 is 1.24 bits per heavy atom. The van der Waals surface area contributed by atoms with Crippen LogP contribution in [0.5, 0.6) is 0 Å². The highest BCUT2D eigenvalue weighted by molar-refractivity contribution is 9.10. The van der Waals surface area contributed by atoms with Gasteiger partial charge in [-0.15, -0.1) is 0 Å². The normalized spacial score (nSPS) is 11.7. The van der Waals surface area contributed by atoms with Gasteiger partial charge in [0.25, 0.3) is 0 Å². The Morgan fingerprint density at radius 3 is 2.48 bits per heavy atom. The SMILES string of the molecule is Cc1c(Br)c(C(F)(F)F)nn1CC(=O)Nc1nn(Cc2ccc(F)cc2)cc1Cl. The molecule has 1 N–H and O–H groups in total. The molecule has 154 valence electrons. The Morgan fingerprint density at radius 2 is 1.90 bits per heavy atom. The number of hydrogen-bond acceptors (Lipinski definition) is 3. The van der Waals surface area contributed by atoms with Gasteiger partial charge < -0.3 is 5.32 Å². The van der Waals surface area contributed by atoms with E-state index in [0.29, 0.717) is 0 Å². The Kier molecular flexibility index (Phi) is 5.99. The molecule has 6 nitrogen and oxygen atoms in total. The molecule has 0 fully saturated rings. The average molecular weight is 495 g/mol. The number of amides is 1. The number of nitrogens with zero attached hydrogens (tertiary/aromatic N) is 4. The standard InChI is InChI=1S/C17H13BrClF4N5O/c1-9-14(18)15(17(21,22)23)25-28(9)8-13(29)24-16-12(19)7-27(26-16)6-10-2-4-11(20)5-3-10/h2-5,7H,6,8H2,1H3,(H,24,26,29). The van der Waals surface area contributed by atoms with Crippen LogP contribution in [0.15, 0.2) is 34.9 Å². The molecule has 0 aliphatic heterocycles. The number of nitrogens with one attached hydrogen (secondary N) is 1. The van der Waals surface area contributed by atoms with Crippen LogP contribution in [-0.2, 0) is 24.1 Å². The number of rotatable bonds is 5. The van der Waals surface area contributed by atoms with Gasteiger partial charge in [-0.25, -0.2) is 4.39 Å². The number of benzene rings is 1. The fourth-order valence-electron chi connectivity index (χ4n) is 2.51. The van der Waals surface area contributed by atoms with Crippen LogP contribution in [0.1, 0.15) is 17.0 Å². The predicted octanol–water partition coefficient (Wildman–Crippen LogP) is 4.65. The van der Waals surface area contributed by atoms with Crippen molar-refractivity contribution in [2.24, 2.45) is 0 Å². The van der Waals surface area contributed by atoms with Gasteiger partial charge >= 0.3 is 6.18 Å². The first kappa shape index (κ1) is 21.3. The van der Waals surface area contributed by atoms with Gasteiger partial charge in [0.15, 0.2) is 11.5 Å². The Labute approximate surface area is 175 Å². The van der Waals surface area contributed by atoms with E-state index in [0.717, 1.165) is 10.2 Å². The molecule has 3 rings (SSSR count). The molecule has 0 unspecified atom stereocenters. The minimum atomic E-state index is -4.65. The number of aromatic nitrogens is 4. The van der Waals surface area contributed by atoms with E-state index in [1.165, 1.54) is 29.9 Å². The number of carbonyl (C=O) groups excluding carboxylic acids is 1. The van der Waals surface area contributed by atoms with Gasteiger partial charge in [-0.1, -0.05) is 23.7 Å². The molecule has 0 saturated heterocycles. The van der Waals surface area contributed by atoms with Gasteiger partial charge in [0.2, 0.25) is 5.91 Å². The maximum Gasteiger partial charge on any atom is 0.436 e. The zero-order chi connectivity index (χ0) is 21.3. The van der Waals surface area contributed by atoms with Crippen molar-refractivity contribution in [2.75, 3.05) is 5.32 Å². The maximum atomic E-state index is 13.0. The van der Waals surface area contributed by atoms with Crippen molar-refractivity contribution >= 4 is 39.3 Å². The summed E-state index contributed by atoms with van der Waals surface area (Å²) in [6.07, 6.45) is -3.17. The molecule has 1 amide bonds. The number of halogens is 6. The molecule has 2 heterocycles. The highest BCUT2D eigenvalue weighted by Gasteiger charge is 2.38. The van der Waals surface area contributed by atoms with Crippen LogP contribution in [-0.4, -0.2) is 25.5 Å². The van der Waals surface area contributed by atoms with Gasteiger partial charge in [-0.05, 0) is 40.5 Å². The largest absolute Gasteiger partial charge is 0.436 e. The third-order valence-corrected chi connectivity index (χ3v) is 5.15. The third kappa shape index (κ3) is 4.96. The number of alkyl halides is 3. The maximum absolute atomic E-state index is 13.0. The minimum Gasteiger partial charge on any atom is -0.306 e. The molecule has 29 heavy (non-hydrogen) atoms. The third-order valence-electron chi connectivity index (χ3n) is 3.93. The van der Waals surface area contributed by atoms with Crippen LogP contribution < -0.4 is 5.32 Å². The summed E-state index contributed by atoms with van der Waals surface area (Å²) < 4.78 is 53.9. The predicted molar refractivity (Wildman–Crippen MR) is 101 cm³/mol. The van der Waals surface area contributed by atoms with E-state index in [-0.39, 0.29) is 33.4 Å². The lowest BCUT2D eigenvalue weighted by Crippen LogP contribution is -2.21. The lowest BCUT2D eigenvalue weighted by atomic mass is 10.2. The summed E-state index contributed by atoms with van der Waals surface area (Å²) in [5.41, 5.74) is -0.190. The zero-order valence-corrected chi connectivity index (χ0v) is 17.1. The van der Waals surface area contributed by atoms with E-state index in [1.54, 1.807) is 12.1 Å². The first-order valence-corrected chi connectivity index (χ1v) is 9.29. The molecule has 2 aromatic heterocycles. The Bertz CT molecular complexity index is 1050. The summed E-state index contributed by atoms with van der Waals surface area (Å²) in [6, 6.07) is 5.78. The molecule has 3 aromatic rings. The Hall–Kier alpha value is -2.40. The second-order valence-corrected chi connectivity index (χ2v) is 7.30. The highest BCUT2D eigenvalue weighted by atomic mass is 79.9. The fraction of sp³-hybridized carbons (Fsp3) is 0.235. The van der Waals surface area contributed by atoms with Crippen molar-refractivity contribution in [3.8, 4) is 0 Å². The highest BCUT2D eigenvalue weighted by Crippen LogP contribution is 2.35. The quantitative estimate of drug-likeness (QED) is 0.525. The minimum absolute atomic E-state index is 0.0544. The van der Waals surface area contributed by atoms with E-state index in [9.17, 15) is 22.4 Å². The molecule has 0 atom stereocenters. The average Bonchev–Trinajstić information content (AvgIpc) is 3.10. The van der Waals surface area contributed by atoms with Crippen LogP contribution in [0.2, 0.25) is 5.02 Å². The second kappa shape index (κ2) is 8.15. The summed E-state index contributed by atoms with van der Waals surface area (Å²) in [6.45, 7) is 1.24. The second-order valence-electron chi connectivity index (χ2n) is 6.10. The molecule has 1 aromatic carbocycles. The first-order valence-electron chi connectivity index (χ1n) is 8.12. The topological polar surface area (TPSA) is 64.7 Å². The van der Waals surface area contributed by atoms with Crippen molar-refractivity contribution in [3.63, 3.8) is 0 Å². The molecule has 0 saturated carbocycles. The van der Waals surface area contributed by atoms with Crippen LogP contribution in [0.3, 0.4) is 0 Å². The van der Waals surface area contributed by atoms with Gasteiger partial charge in [-0.2, -0.15) is 23.4 Å². The molecule has 0 aliphatic carbocycles. The van der Waals surface area contributed by atoms with Gasteiger partial charge in [-0.3, -0.25) is 14.2 Å².